The van der Waals surface area contributed by atoms with Gasteiger partial charge >= 0.3 is 0 Å². The average molecular weight is 250 g/mol. The topological polar surface area (TPSA) is 54.0 Å². The zero-order valence-corrected chi connectivity index (χ0v) is 10.2. The van der Waals surface area contributed by atoms with Crippen LogP contribution in [0.1, 0.15) is 11.5 Å². The first-order chi connectivity index (χ1) is 8.34. The van der Waals surface area contributed by atoms with Gasteiger partial charge in [-0.15, -0.1) is 0 Å². The molecule has 0 bridgehead atoms. The van der Waals surface area contributed by atoms with E-state index in [1.54, 1.807) is 0 Å². The van der Waals surface area contributed by atoms with Gasteiger partial charge in [-0.25, -0.2) is 0 Å². The summed E-state index contributed by atoms with van der Waals surface area (Å²) in [4.78, 5) is 0. The molecule has 3 unspecified atom stereocenters. The summed E-state index contributed by atoms with van der Waals surface area (Å²) in [6.07, 6.45) is 0.176. The maximum Gasteiger partial charge on any atom is 0.133 e. The van der Waals surface area contributed by atoms with Gasteiger partial charge in [0, 0.05) is 6.54 Å². The summed E-state index contributed by atoms with van der Waals surface area (Å²) in [5, 5.41) is 4.94. The maximum atomic E-state index is 12.1. The smallest absolute Gasteiger partial charge is 0.133 e. The van der Waals surface area contributed by atoms with Gasteiger partial charge in [0.05, 0.1) is 35.2 Å². The van der Waals surface area contributed by atoms with Crippen molar-refractivity contribution in [1.29, 1.82) is 0 Å². The van der Waals surface area contributed by atoms with Gasteiger partial charge in [-0.2, -0.15) is 5.10 Å². The van der Waals surface area contributed by atoms with Crippen LogP contribution in [0, 0.1) is 0 Å². The highest BCUT2D eigenvalue weighted by atomic mass is 32.2. The molecular formula is C12H14N2O2S. The van der Waals surface area contributed by atoms with Gasteiger partial charge in [-0.05, 0) is 5.56 Å². The van der Waals surface area contributed by atoms with Crippen molar-refractivity contribution >= 4 is 15.8 Å². The highest BCUT2D eigenvalue weighted by Crippen LogP contribution is 2.23. The summed E-state index contributed by atoms with van der Waals surface area (Å²) < 4.78 is 17.3. The van der Waals surface area contributed by atoms with Crippen LogP contribution in [0.4, 0.5) is 0 Å². The number of nitrogens with zero attached hydrogens (tertiary/aromatic N) is 1. The lowest BCUT2D eigenvalue weighted by Gasteiger charge is -2.11. The van der Waals surface area contributed by atoms with Gasteiger partial charge in [0.2, 0.25) is 0 Å². The van der Waals surface area contributed by atoms with E-state index >= 15 is 0 Å². The summed E-state index contributed by atoms with van der Waals surface area (Å²) in [5.41, 5.74) is 4.12. The number of ether oxygens (including phenoxy) is 1. The zero-order chi connectivity index (χ0) is 11.7. The molecule has 0 spiro atoms. The Balaban J connectivity index is 1.77. The third-order valence-corrected chi connectivity index (χ3v) is 4.47. The van der Waals surface area contributed by atoms with Crippen LogP contribution in [-0.2, 0) is 15.5 Å². The highest BCUT2D eigenvalue weighted by molar-refractivity contribution is 8.00. The molecule has 1 N–H and O–H groups in total. The van der Waals surface area contributed by atoms with Crippen LogP contribution < -0.4 is 5.43 Å². The second-order valence-electron chi connectivity index (χ2n) is 4.24. The second kappa shape index (κ2) is 4.58. The maximum absolute atomic E-state index is 12.1. The second-order valence-corrected chi connectivity index (χ2v) is 5.69. The van der Waals surface area contributed by atoms with Crippen LogP contribution in [0.5, 0.6) is 0 Å². The predicted molar refractivity (Wildman–Crippen MR) is 67.4 cm³/mol. The Morgan fingerprint density at radius 2 is 2.18 bits per heavy atom. The van der Waals surface area contributed by atoms with E-state index in [9.17, 15) is 4.21 Å². The van der Waals surface area contributed by atoms with Gasteiger partial charge in [0.15, 0.2) is 0 Å². The molecule has 0 saturated carbocycles. The molecular weight excluding hydrogens is 236 g/mol. The average Bonchev–Trinajstić information content (AvgIpc) is 3.04. The van der Waals surface area contributed by atoms with E-state index in [2.05, 4.69) is 22.7 Å². The van der Waals surface area contributed by atoms with E-state index in [-0.39, 0.29) is 12.0 Å². The number of rotatable bonds is 3. The molecule has 90 valence electrons. The first kappa shape index (κ1) is 10.9. The number of benzene rings is 1. The number of hydrogen-bond donors (Lipinski definition) is 1. The molecule has 1 saturated heterocycles. The zero-order valence-electron chi connectivity index (χ0n) is 9.33. The Bertz CT molecular complexity index is 457. The van der Waals surface area contributed by atoms with Crippen molar-refractivity contribution in [1.82, 2.24) is 5.43 Å². The van der Waals surface area contributed by atoms with Crippen LogP contribution >= 0.6 is 0 Å². The summed E-state index contributed by atoms with van der Waals surface area (Å²) in [7, 11) is -1.03. The van der Waals surface area contributed by atoms with E-state index in [1.807, 2.05) is 18.2 Å². The minimum atomic E-state index is -1.03. The quantitative estimate of drug-likeness (QED) is 0.809. The third-order valence-electron chi connectivity index (χ3n) is 2.96. The standard InChI is InChI=1S/C12H14N2O2S/c15-17(8-10-7-16-10)12-11(6-13-14-12)9-4-2-1-3-5-9/h1-5,10-11,13H,6-8H2. The van der Waals surface area contributed by atoms with Crippen molar-refractivity contribution in [2.24, 2.45) is 5.10 Å². The molecule has 2 heterocycles. The molecule has 2 aliphatic rings. The lowest BCUT2D eigenvalue weighted by molar-refractivity contribution is 0.425. The number of epoxide rings is 1. The Morgan fingerprint density at radius 3 is 2.88 bits per heavy atom. The molecule has 5 heteroatoms. The summed E-state index contributed by atoms with van der Waals surface area (Å²) in [6, 6.07) is 10.1. The van der Waals surface area contributed by atoms with E-state index in [0.717, 1.165) is 18.2 Å². The fraction of sp³-hybridized carbons (Fsp3) is 0.417. The Hall–Kier alpha value is -1.20. The van der Waals surface area contributed by atoms with E-state index < -0.39 is 10.8 Å². The lowest BCUT2D eigenvalue weighted by atomic mass is 10.0. The molecule has 0 amide bonds. The van der Waals surface area contributed by atoms with Crippen LogP contribution in [-0.4, -0.2) is 34.3 Å². The first-order valence-corrected chi connectivity index (χ1v) is 7.02. The van der Waals surface area contributed by atoms with E-state index in [4.69, 9.17) is 4.74 Å². The molecule has 0 aromatic heterocycles. The Morgan fingerprint density at radius 1 is 1.41 bits per heavy atom. The van der Waals surface area contributed by atoms with E-state index in [0.29, 0.717) is 5.75 Å². The van der Waals surface area contributed by atoms with Gasteiger partial charge in [0.1, 0.15) is 5.04 Å². The SMILES string of the molecule is O=S(CC1CO1)C1=NNCC1c1ccccc1. The highest BCUT2D eigenvalue weighted by Gasteiger charge is 2.32. The lowest BCUT2D eigenvalue weighted by Crippen LogP contribution is -2.21. The van der Waals surface area contributed by atoms with Crippen molar-refractivity contribution < 1.29 is 8.95 Å². The van der Waals surface area contributed by atoms with Gasteiger partial charge in [0.25, 0.3) is 0 Å². The summed E-state index contributed by atoms with van der Waals surface area (Å²) in [5.74, 6) is 0.708. The van der Waals surface area contributed by atoms with Gasteiger partial charge in [-0.3, -0.25) is 4.21 Å². The fourth-order valence-electron chi connectivity index (χ4n) is 1.95. The van der Waals surface area contributed by atoms with E-state index in [1.165, 1.54) is 5.56 Å². The monoisotopic (exact) mass is 250 g/mol. The molecule has 17 heavy (non-hydrogen) atoms. The van der Waals surface area contributed by atoms with Crippen molar-refractivity contribution in [3.05, 3.63) is 35.9 Å². The molecule has 3 atom stereocenters. The first-order valence-electron chi connectivity index (χ1n) is 5.70. The van der Waals surface area contributed by atoms with Crippen molar-refractivity contribution in [3.8, 4) is 0 Å². The predicted octanol–water partition coefficient (Wildman–Crippen LogP) is 0.834. The molecule has 2 aliphatic heterocycles. The normalized spacial score (nSPS) is 28.4. The Kier molecular flexibility index (Phi) is 2.94. The molecule has 0 radical (unpaired) electrons. The van der Waals surface area contributed by atoms with Crippen LogP contribution in [0.2, 0.25) is 0 Å². The van der Waals surface area contributed by atoms with Crippen LogP contribution in [0.15, 0.2) is 35.4 Å². The van der Waals surface area contributed by atoms with Gasteiger partial charge in [-0.1, -0.05) is 30.3 Å². The largest absolute Gasteiger partial charge is 0.372 e. The summed E-state index contributed by atoms with van der Waals surface area (Å²) in [6.45, 7) is 1.47. The van der Waals surface area contributed by atoms with Crippen LogP contribution in [0.25, 0.3) is 0 Å². The number of hydrogen-bond acceptors (Lipinski definition) is 4. The molecule has 1 aromatic carbocycles. The molecule has 3 rings (SSSR count). The minimum absolute atomic E-state index is 0.135. The summed E-state index contributed by atoms with van der Waals surface area (Å²) >= 11 is 0. The number of hydrazone groups is 1. The third kappa shape index (κ3) is 2.40. The molecule has 1 aromatic rings. The fourth-order valence-corrected chi connectivity index (χ4v) is 3.36. The molecule has 1 fully saturated rings. The number of nitrogens with one attached hydrogen (secondary N) is 1. The van der Waals surface area contributed by atoms with Crippen molar-refractivity contribution in [2.75, 3.05) is 18.9 Å². The minimum Gasteiger partial charge on any atom is -0.372 e. The van der Waals surface area contributed by atoms with Crippen molar-refractivity contribution in [3.63, 3.8) is 0 Å². The van der Waals surface area contributed by atoms with Crippen LogP contribution in [0.3, 0.4) is 0 Å². The molecule has 4 nitrogen and oxygen atoms in total. The van der Waals surface area contributed by atoms with Crippen molar-refractivity contribution in [2.45, 2.75) is 12.0 Å². The molecule has 0 aliphatic carbocycles. The van der Waals surface area contributed by atoms with Gasteiger partial charge < -0.3 is 10.2 Å². The Labute approximate surface area is 103 Å².